The Morgan fingerprint density at radius 2 is 2.24 bits per heavy atom. The van der Waals surface area contributed by atoms with E-state index in [1.54, 1.807) is 0 Å². The van der Waals surface area contributed by atoms with Crippen molar-refractivity contribution in [1.29, 1.82) is 0 Å². The average Bonchev–Trinajstić information content (AvgIpc) is 2.26. The molecule has 92 valence electrons. The van der Waals surface area contributed by atoms with Gasteiger partial charge in [0, 0.05) is 18.3 Å². The van der Waals surface area contributed by atoms with Crippen molar-refractivity contribution >= 4 is 5.97 Å². The van der Waals surface area contributed by atoms with Crippen LogP contribution >= 0.6 is 0 Å². The van der Waals surface area contributed by atoms with E-state index in [1.807, 2.05) is 18.3 Å². The highest BCUT2D eigenvalue weighted by atomic mass is 16.4. The largest absolute Gasteiger partial charge is 0.481 e. The van der Waals surface area contributed by atoms with Gasteiger partial charge in [-0.2, -0.15) is 0 Å². The van der Waals surface area contributed by atoms with Gasteiger partial charge in [-0.1, -0.05) is 13.0 Å². The summed E-state index contributed by atoms with van der Waals surface area (Å²) < 4.78 is 0. The molecule has 1 fully saturated rings. The summed E-state index contributed by atoms with van der Waals surface area (Å²) >= 11 is 0. The zero-order valence-corrected chi connectivity index (χ0v) is 9.89. The fourth-order valence-corrected chi connectivity index (χ4v) is 2.28. The highest BCUT2D eigenvalue weighted by Crippen LogP contribution is 2.39. The molecule has 0 amide bonds. The summed E-state index contributed by atoms with van der Waals surface area (Å²) in [6, 6.07) is 3.91. The minimum atomic E-state index is -0.871. The van der Waals surface area contributed by atoms with Gasteiger partial charge < -0.3 is 10.2 Å². The van der Waals surface area contributed by atoms with E-state index in [-0.39, 0.29) is 0 Å². The molecule has 1 saturated carbocycles. The minimum absolute atomic E-state index is 0.333. The molecule has 0 saturated heterocycles. The van der Waals surface area contributed by atoms with Crippen LogP contribution in [0.5, 0.6) is 0 Å². The summed E-state index contributed by atoms with van der Waals surface area (Å²) in [5.74, 6) is -1.21. The third-order valence-electron chi connectivity index (χ3n) is 3.41. The standard InChI is InChI=1S/C13H17NO3/c1-2-9-3-4-11(14-8-9)7-13(17)5-10(6-13)12(15)16/h3-4,8,10,17H,2,5-7H2,1H3,(H,15,16). The molecule has 17 heavy (non-hydrogen) atoms. The molecular formula is C13H17NO3. The second-order valence-electron chi connectivity index (χ2n) is 4.86. The van der Waals surface area contributed by atoms with Gasteiger partial charge in [0.25, 0.3) is 0 Å². The van der Waals surface area contributed by atoms with Gasteiger partial charge in [-0.3, -0.25) is 9.78 Å². The first-order chi connectivity index (χ1) is 8.02. The Bertz CT molecular complexity index is 407. The Kier molecular flexibility index (Phi) is 3.15. The van der Waals surface area contributed by atoms with Crippen LogP contribution in [0.3, 0.4) is 0 Å². The summed E-state index contributed by atoms with van der Waals surface area (Å²) in [7, 11) is 0. The molecular weight excluding hydrogens is 218 g/mol. The maximum absolute atomic E-state index is 10.7. The molecule has 0 unspecified atom stereocenters. The molecule has 0 aliphatic heterocycles. The van der Waals surface area contributed by atoms with E-state index in [9.17, 15) is 9.90 Å². The van der Waals surface area contributed by atoms with Gasteiger partial charge in [-0.05, 0) is 30.9 Å². The lowest BCUT2D eigenvalue weighted by Crippen LogP contribution is -2.48. The van der Waals surface area contributed by atoms with E-state index in [1.165, 1.54) is 0 Å². The Labute approximate surface area is 100 Å². The Morgan fingerprint density at radius 1 is 1.53 bits per heavy atom. The van der Waals surface area contributed by atoms with Crippen molar-refractivity contribution in [2.45, 2.75) is 38.2 Å². The van der Waals surface area contributed by atoms with Crippen LogP contribution < -0.4 is 0 Å². The Hall–Kier alpha value is -1.42. The number of aromatic nitrogens is 1. The number of hydrogen-bond acceptors (Lipinski definition) is 3. The van der Waals surface area contributed by atoms with Crippen LogP contribution in [0.15, 0.2) is 18.3 Å². The van der Waals surface area contributed by atoms with Crippen LogP contribution in [0.4, 0.5) is 0 Å². The van der Waals surface area contributed by atoms with Crippen LogP contribution in [-0.4, -0.2) is 26.8 Å². The number of hydrogen-bond donors (Lipinski definition) is 2. The quantitative estimate of drug-likeness (QED) is 0.827. The van der Waals surface area contributed by atoms with Crippen LogP contribution in [-0.2, 0) is 17.6 Å². The number of aryl methyl sites for hydroxylation is 1. The van der Waals surface area contributed by atoms with E-state index < -0.39 is 17.5 Å². The topological polar surface area (TPSA) is 70.4 Å². The summed E-state index contributed by atoms with van der Waals surface area (Å²) in [6.45, 7) is 2.06. The van der Waals surface area contributed by atoms with Gasteiger partial charge in [-0.25, -0.2) is 0 Å². The van der Waals surface area contributed by atoms with E-state index in [2.05, 4.69) is 11.9 Å². The zero-order valence-electron chi connectivity index (χ0n) is 9.89. The smallest absolute Gasteiger partial charge is 0.306 e. The number of carbonyl (C=O) groups is 1. The molecule has 1 aromatic rings. The molecule has 0 bridgehead atoms. The van der Waals surface area contributed by atoms with Gasteiger partial charge in [0.15, 0.2) is 0 Å². The summed E-state index contributed by atoms with van der Waals surface area (Å²) in [5, 5.41) is 18.9. The molecule has 2 rings (SSSR count). The van der Waals surface area contributed by atoms with E-state index in [0.29, 0.717) is 19.3 Å². The predicted octanol–water partition coefficient (Wildman–Crippen LogP) is 1.41. The minimum Gasteiger partial charge on any atom is -0.481 e. The molecule has 4 nitrogen and oxygen atoms in total. The lowest BCUT2D eigenvalue weighted by molar-refractivity contribution is -0.158. The van der Waals surface area contributed by atoms with E-state index in [4.69, 9.17) is 5.11 Å². The lowest BCUT2D eigenvalue weighted by atomic mass is 9.69. The molecule has 1 aliphatic rings. The van der Waals surface area contributed by atoms with Gasteiger partial charge in [0.2, 0.25) is 0 Å². The van der Waals surface area contributed by atoms with Gasteiger partial charge in [-0.15, -0.1) is 0 Å². The zero-order chi connectivity index (χ0) is 12.5. The van der Waals surface area contributed by atoms with Crippen LogP contribution in [0, 0.1) is 5.92 Å². The monoisotopic (exact) mass is 235 g/mol. The number of pyridine rings is 1. The lowest BCUT2D eigenvalue weighted by Gasteiger charge is -2.41. The summed E-state index contributed by atoms with van der Waals surface area (Å²) in [4.78, 5) is 15.0. The molecule has 1 aliphatic carbocycles. The molecule has 0 spiro atoms. The molecule has 0 radical (unpaired) electrons. The van der Waals surface area contributed by atoms with Gasteiger partial charge in [0.05, 0.1) is 11.5 Å². The third kappa shape index (κ3) is 2.64. The fourth-order valence-electron chi connectivity index (χ4n) is 2.28. The number of carboxylic acid groups (broad SMARTS) is 1. The number of rotatable bonds is 4. The average molecular weight is 235 g/mol. The fraction of sp³-hybridized carbons (Fsp3) is 0.538. The first-order valence-electron chi connectivity index (χ1n) is 5.91. The maximum Gasteiger partial charge on any atom is 0.306 e. The predicted molar refractivity (Wildman–Crippen MR) is 62.6 cm³/mol. The SMILES string of the molecule is CCc1ccc(CC2(O)CC(C(=O)O)C2)nc1. The first kappa shape index (κ1) is 12.0. The van der Waals surface area contributed by atoms with Crippen LogP contribution in [0.1, 0.15) is 31.0 Å². The van der Waals surface area contributed by atoms with E-state index in [0.717, 1.165) is 17.7 Å². The highest BCUT2D eigenvalue weighted by Gasteiger charge is 2.46. The number of nitrogens with zero attached hydrogens (tertiary/aromatic N) is 1. The van der Waals surface area contributed by atoms with Crippen molar-refractivity contribution in [3.63, 3.8) is 0 Å². The van der Waals surface area contributed by atoms with Crippen molar-refractivity contribution in [2.75, 3.05) is 0 Å². The molecule has 0 atom stereocenters. The Morgan fingerprint density at radius 3 is 2.71 bits per heavy atom. The second kappa shape index (κ2) is 4.45. The first-order valence-corrected chi connectivity index (χ1v) is 5.91. The highest BCUT2D eigenvalue weighted by molar-refractivity contribution is 5.71. The summed E-state index contributed by atoms with van der Waals surface area (Å²) in [6.07, 6.45) is 3.87. The molecule has 1 heterocycles. The molecule has 4 heteroatoms. The van der Waals surface area contributed by atoms with Crippen molar-refractivity contribution < 1.29 is 15.0 Å². The second-order valence-corrected chi connectivity index (χ2v) is 4.86. The van der Waals surface area contributed by atoms with E-state index >= 15 is 0 Å². The normalized spacial score (nSPS) is 27.5. The Balaban J connectivity index is 1.95. The number of aliphatic carboxylic acids is 1. The summed E-state index contributed by atoms with van der Waals surface area (Å²) in [5.41, 5.74) is 1.12. The molecule has 0 aromatic carbocycles. The third-order valence-corrected chi connectivity index (χ3v) is 3.41. The van der Waals surface area contributed by atoms with Crippen molar-refractivity contribution in [3.05, 3.63) is 29.6 Å². The van der Waals surface area contributed by atoms with Crippen LogP contribution in [0.2, 0.25) is 0 Å². The van der Waals surface area contributed by atoms with Crippen molar-refractivity contribution in [1.82, 2.24) is 4.98 Å². The van der Waals surface area contributed by atoms with Crippen LogP contribution in [0.25, 0.3) is 0 Å². The molecule has 2 N–H and O–H groups in total. The number of aliphatic hydroxyl groups is 1. The van der Waals surface area contributed by atoms with Crippen molar-refractivity contribution in [3.8, 4) is 0 Å². The maximum atomic E-state index is 10.7. The van der Waals surface area contributed by atoms with Gasteiger partial charge >= 0.3 is 5.97 Å². The van der Waals surface area contributed by atoms with Crippen molar-refractivity contribution in [2.24, 2.45) is 5.92 Å². The van der Waals surface area contributed by atoms with Gasteiger partial charge in [0.1, 0.15) is 0 Å². The molecule has 1 aromatic heterocycles. The number of carboxylic acids is 1.